The zero-order valence-electron chi connectivity index (χ0n) is 26.1. The minimum Gasteiger partial charge on any atom is -0.508 e. The normalized spacial score (nSPS) is 12.2. The molecule has 0 aromatic heterocycles. The molecule has 0 unspecified atom stereocenters. The van der Waals surface area contributed by atoms with Crippen LogP contribution in [0.4, 0.5) is 0 Å². The van der Waals surface area contributed by atoms with Gasteiger partial charge in [0, 0.05) is 19.2 Å². The van der Waals surface area contributed by atoms with E-state index in [0.29, 0.717) is 24.9 Å². The highest BCUT2D eigenvalue weighted by molar-refractivity contribution is 5.91. The first-order valence-corrected chi connectivity index (χ1v) is 14.9. The summed E-state index contributed by atoms with van der Waals surface area (Å²) in [6.45, 7) is 0.643. The third-order valence-electron chi connectivity index (χ3n) is 7.26. The van der Waals surface area contributed by atoms with Crippen molar-refractivity contribution >= 4 is 17.9 Å². The first-order chi connectivity index (χ1) is 22.7. The van der Waals surface area contributed by atoms with E-state index in [4.69, 9.17) is 14.2 Å². The second-order valence-corrected chi connectivity index (χ2v) is 10.6. The van der Waals surface area contributed by atoms with Crippen molar-refractivity contribution in [3.8, 4) is 34.5 Å². The van der Waals surface area contributed by atoms with Crippen LogP contribution in [-0.2, 0) is 22.4 Å². The van der Waals surface area contributed by atoms with Gasteiger partial charge >= 0.3 is 0 Å². The first kappa shape index (κ1) is 34.2. The molecular weight excluding hydrogens is 604 g/mol. The van der Waals surface area contributed by atoms with E-state index in [9.17, 15) is 30.0 Å². The third kappa shape index (κ3) is 9.90. The van der Waals surface area contributed by atoms with Crippen LogP contribution < -0.4 is 24.8 Å². The summed E-state index contributed by atoms with van der Waals surface area (Å²) in [6.07, 6.45) is 1.17. The zero-order valence-corrected chi connectivity index (χ0v) is 26.1. The molecule has 2 amide bonds. The second-order valence-electron chi connectivity index (χ2n) is 10.6. The number of amides is 2. The largest absolute Gasteiger partial charge is 0.508 e. The molecule has 47 heavy (non-hydrogen) atoms. The molecule has 0 aliphatic carbocycles. The van der Waals surface area contributed by atoms with Gasteiger partial charge in [0.25, 0.3) is 5.91 Å². The number of phenolic OH excluding ortho intramolecular Hbond substituents is 3. The van der Waals surface area contributed by atoms with E-state index >= 15 is 0 Å². The highest BCUT2D eigenvalue weighted by Gasteiger charge is 2.32. The van der Waals surface area contributed by atoms with Gasteiger partial charge in [0.1, 0.15) is 17.6 Å². The molecule has 0 fully saturated rings. The Bertz CT molecular complexity index is 1670. The number of rotatable bonds is 15. The van der Waals surface area contributed by atoms with Gasteiger partial charge in [-0.3, -0.25) is 9.59 Å². The molecule has 4 rings (SSSR count). The molecule has 4 aromatic rings. The van der Waals surface area contributed by atoms with Gasteiger partial charge in [-0.15, -0.1) is 0 Å². The standard InChI is InChI=1S/C36H38N2O9/c1-45-31-22-26(9-14-29(31)41)34(43)35(36(44)38-20-18-24-5-12-28(40)13-6-24)47-30-15-7-25(21-32(30)46-2)8-16-33(42)37-19-17-23-3-10-27(39)11-4-23/h3-16,21-22,34-35,39-41,43H,17-20H2,1-2H3,(H,37,42)(H,38,44)/t34-,35-/m1/s1. The highest BCUT2D eigenvalue weighted by atomic mass is 16.5. The van der Waals surface area contributed by atoms with E-state index in [2.05, 4.69) is 10.6 Å². The molecule has 0 spiro atoms. The van der Waals surface area contributed by atoms with Crippen LogP contribution in [0.15, 0.2) is 91.0 Å². The number of benzene rings is 4. The molecule has 0 heterocycles. The van der Waals surface area contributed by atoms with Crippen LogP contribution in [0.5, 0.6) is 34.5 Å². The number of hydrogen-bond acceptors (Lipinski definition) is 9. The number of carbonyl (C=O) groups is 2. The van der Waals surface area contributed by atoms with Crippen molar-refractivity contribution in [3.05, 3.63) is 113 Å². The summed E-state index contributed by atoms with van der Waals surface area (Å²) >= 11 is 0. The fourth-order valence-corrected chi connectivity index (χ4v) is 4.65. The van der Waals surface area contributed by atoms with Crippen molar-refractivity contribution in [2.24, 2.45) is 0 Å². The quantitative estimate of drug-likeness (QED) is 0.105. The van der Waals surface area contributed by atoms with E-state index in [1.54, 1.807) is 72.8 Å². The summed E-state index contributed by atoms with van der Waals surface area (Å²) in [5.74, 6) is -0.148. The number of methoxy groups -OCH3 is 2. The van der Waals surface area contributed by atoms with E-state index in [1.807, 2.05) is 0 Å². The maximum atomic E-state index is 13.4. The lowest BCUT2D eigenvalue weighted by Crippen LogP contribution is -2.43. The zero-order chi connectivity index (χ0) is 33.8. The van der Waals surface area contributed by atoms with Crippen molar-refractivity contribution in [1.29, 1.82) is 0 Å². The number of phenols is 3. The van der Waals surface area contributed by atoms with Gasteiger partial charge in [-0.05, 0) is 89.7 Å². The van der Waals surface area contributed by atoms with E-state index < -0.39 is 18.1 Å². The predicted octanol–water partition coefficient (Wildman–Crippen LogP) is 4.03. The highest BCUT2D eigenvalue weighted by Crippen LogP contribution is 2.34. The van der Waals surface area contributed by atoms with Gasteiger partial charge in [-0.25, -0.2) is 0 Å². The number of ether oxygens (including phenoxy) is 3. The second kappa shape index (κ2) is 16.6. The molecule has 0 radical (unpaired) electrons. The minimum atomic E-state index is -1.47. The van der Waals surface area contributed by atoms with Crippen LogP contribution in [0.3, 0.4) is 0 Å². The molecule has 246 valence electrons. The molecular formula is C36H38N2O9. The number of aliphatic hydroxyl groups is 1. The molecule has 0 aliphatic heterocycles. The Morgan fingerprint density at radius 2 is 1.32 bits per heavy atom. The molecule has 2 atom stereocenters. The number of hydrogen-bond donors (Lipinski definition) is 6. The van der Waals surface area contributed by atoms with Crippen molar-refractivity contribution in [3.63, 3.8) is 0 Å². The summed E-state index contributed by atoms with van der Waals surface area (Å²) in [4.78, 5) is 25.8. The Hall–Kier alpha value is -5.68. The molecule has 0 aliphatic rings. The third-order valence-corrected chi connectivity index (χ3v) is 7.26. The van der Waals surface area contributed by atoms with Gasteiger partial charge < -0.3 is 45.3 Å². The maximum absolute atomic E-state index is 13.4. The van der Waals surface area contributed by atoms with Crippen LogP contribution in [0, 0.1) is 0 Å². The van der Waals surface area contributed by atoms with Gasteiger partial charge in [0.2, 0.25) is 12.0 Å². The van der Waals surface area contributed by atoms with Gasteiger partial charge in [0.15, 0.2) is 23.0 Å². The maximum Gasteiger partial charge on any atom is 0.264 e. The Morgan fingerprint density at radius 1 is 0.723 bits per heavy atom. The number of aliphatic hydroxyl groups excluding tert-OH is 1. The summed E-state index contributed by atoms with van der Waals surface area (Å²) < 4.78 is 16.8. The predicted molar refractivity (Wildman–Crippen MR) is 176 cm³/mol. The Morgan fingerprint density at radius 3 is 1.91 bits per heavy atom. The summed E-state index contributed by atoms with van der Waals surface area (Å²) in [5, 5.41) is 45.9. The van der Waals surface area contributed by atoms with Crippen LogP contribution in [-0.4, -0.2) is 65.7 Å². The molecule has 6 N–H and O–H groups in total. The van der Waals surface area contributed by atoms with Crippen molar-refractivity contribution in [1.82, 2.24) is 10.6 Å². The Balaban J connectivity index is 1.46. The fraction of sp³-hybridized carbons (Fsp3) is 0.222. The Labute approximate surface area is 272 Å². The lowest BCUT2D eigenvalue weighted by molar-refractivity contribution is -0.133. The van der Waals surface area contributed by atoms with E-state index in [-0.39, 0.29) is 52.5 Å². The Kier molecular flexibility index (Phi) is 12.1. The summed E-state index contributed by atoms with van der Waals surface area (Å²) in [7, 11) is 2.80. The average Bonchev–Trinajstić information content (AvgIpc) is 3.08. The molecule has 0 saturated carbocycles. The van der Waals surface area contributed by atoms with Crippen molar-refractivity contribution < 1.29 is 44.2 Å². The van der Waals surface area contributed by atoms with Crippen molar-refractivity contribution in [2.45, 2.75) is 25.0 Å². The van der Waals surface area contributed by atoms with E-state index in [0.717, 1.165) is 11.1 Å². The molecule has 11 nitrogen and oxygen atoms in total. The van der Waals surface area contributed by atoms with E-state index in [1.165, 1.54) is 38.5 Å². The smallest absolute Gasteiger partial charge is 0.264 e. The molecule has 4 aromatic carbocycles. The monoisotopic (exact) mass is 642 g/mol. The van der Waals surface area contributed by atoms with Crippen molar-refractivity contribution in [2.75, 3.05) is 27.3 Å². The average molecular weight is 643 g/mol. The molecule has 0 saturated heterocycles. The van der Waals surface area contributed by atoms with Gasteiger partial charge in [-0.1, -0.05) is 36.4 Å². The van der Waals surface area contributed by atoms with Crippen LogP contribution in [0.1, 0.15) is 28.4 Å². The number of nitrogens with one attached hydrogen (secondary N) is 2. The number of carbonyl (C=O) groups excluding carboxylic acids is 2. The summed E-state index contributed by atoms with van der Waals surface area (Å²) in [6, 6.07) is 22.5. The molecule has 11 heteroatoms. The van der Waals surface area contributed by atoms with Crippen LogP contribution >= 0.6 is 0 Å². The van der Waals surface area contributed by atoms with Crippen LogP contribution in [0.2, 0.25) is 0 Å². The molecule has 0 bridgehead atoms. The topological polar surface area (TPSA) is 167 Å². The minimum absolute atomic E-state index is 0.117. The first-order valence-electron chi connectivity index (χ1n) is 14.9. The van der Waals surface area contributed by atoms with Gasteiger partial charge in [0.05, 0.1) is 14.2 Å². The van der Waals surface area contributed by atoms with Gasteiger partial charge in [-0.2, -0.15) is 0 Å². The lowest BCUT2D eigenvalue weighted by Gasteiger charge is -2.25. The fourth-order valence-electron chi connectivity index (χ4n) is 4.65. The SMILES string of the molecule is COc1cc([C@@H](O)[C@@H](Oc2ccc(C=CC(=O)NCCc3ccc(O)cc3)cc2OC)C(=O)NCCc2ccc(O)cc2)ccc1O. The van der Waals surface area contributed by atoms with Crippen LogP contribution in [0.25, 0.3) is 6.08 Å². The lowest BCUT2D eigenvalue weighted by atomic mass is 10.0. The number of aromatic hydroxyl groups is 3. The summed E-state index contributed by atoms with van der Waals surface area (Å²) in [5.41, 5.74) is 2.77.